The van der Waals surface area contributed by atoms with Crippen molar-refractivity contribution in [3.63, 3.8) is 0 Å². The number of rotatable bonds is 4. The van der Waals surface area contributed by atoms with Gasteiger partial charge >= 0.3 is 0 Å². The van der Waals surface area contributed by atoms with Gasteiger partial charge in [-0.15, -0.1) is 11.6 Å². The van der Waals surface area contributed by atoms with Crippen LogP contribution < -0.4 is 0 Å². The first-order valence-corrected chi connectivity index (χ1v) is 7.71. The van der Waals surface area contributed by atoms with Crippen LogP contribution >= 0.6 is 11.6 Å². The van der Waals surface area contributed by atoms with Crippen LogP contribution in [0.5, 0.6) is 0 Å². The van der Waals surface area contributed by atoms with E-state index in [1.807, 2.05) is 0 Å². The fourth-order valence-corrected chi connectivity index (χ4v) is 3.94. The molecule has 0 bridgehead atoms. The first kappa shape index (κ1) is 13.9. The summed E-state index contributed by atoms with van der Waals surface area (Å²) in [7, 11) is 0. The molecule has 2 rings (SSSR count). The molecule has 1 aromatic rings. The molecule has 0 amide bonds. The lowest BCUT2D eigenvalue weighted by atomic mass is 9.77. The van der Waals surface area contributed by atoms with Crippen molar-refractivity contribution in [1.29, 1.82) is 0 Å². The molecule has 1 atom stereocenters. The summed E-state index contributed by atoms with van der Waals surface area (Å²) < 4.78 is 0. The Labute approximate surface area is 117 Å². The zero-order chi connectivity index (χ0) is 13.2. The quantitative estimate of drug-likeness (QED) is 0.637. The average Bonchev–Trinajstić information content (AvgIpc) is 2.84. The van der Waals surface area contributed by atoms with Crippen LogP contribution in [-0.2, 0) is 6.42 Å². The average molecular weight is 265 g/mol. The number of hydrogen-bond acceptors (Lipinski definition) is 0. The molecule has 0 heterocycles. The number of benzene rings is 1. The number of aryl methyl sites for hydroxylation is 2. The van der Waals surface area contributed by atoms with E-state index >= 15 is 0 Å². The van der Waals surface area contributed by atoms with Crippen molar-refractivity contribution in [3.8, 4) is 0 Å². The normalized spacial score (nSPS) is 20.0. The molecule has 18 heavy (non-hydrogen) atoms. The van der Waals surface area contributed by atoms with Crippen LogP contribution in [0.4, 0.5) is 0 Å². The van der Waals surface area contributed by atoms with Crippen molar-refractivity contribution in [3.05, 3.63) is 34.9 Å². The van der Waals surface area contributed by atoms with Crippen LogP contribution in [0.15, 0.2) is 18.2 Å². The summed E-state index contributed by atoms with van der Waals surface area (Å²) >= 11 is 6.80. The Morgan fingerprint density at radius 3 is 2.50 bits per heavy atom. The second kappa shape index (κ2) is 5.65. The van der Waals surface area contributed by atoms with Crippen LogP contribution in [-0.4, -0.2) is 5.38 Å². The molecule has 1 aliphatic rings. The van der Waals surface area contributed by atoms with Gasteiger partial charge in [0, 0.05) is 5.38 Å². The molecule has 100 valence electrons. The zero-order valence-corrected chi connectivity index (χ0v) is 12.7. The molecule has 1 aliphatic carbocycles. The smallest absolute Gasteiger partial charge is 0.0432 e. The van der Waals surface area contributed by atoms with Gasteiger partial charge in [-0.3, -0.25) is 0 Å². The Kier molecular flexibility index (Phi) is 4.37. The highest BCUT2D eigenvalue weighted by atomic mass is 35.5. The first-order valence-electron chi connectivity index (χ1n) is 7.27. The minimum Gasteiger partial charge on any atom is -0.122 e. The molecular weight excluding hydrogens is 240 g/mol. The number of alkyl halides is 1. The third-order valence-corrected chi connectivity index (χ3v) is 5.49. The molecular formula is C17H25Cl. The van der Waals surface area contributed by atoms with E-state index in [2.05, 4.69) is 39.0 Å². The van der Waals surface area contributed by atoms with Crippen LogP contribution in [0.2, 0.25) is 0 Å². The molecule has 1 aromatic carbocycles. The fraction of sp³-hybridized carbons (Fsp3) is 0.647. The standard InChI is InChI=1S/C17H25Cl/c1-4-17(9-5-6-10-17)16(18)12-15-11-13(2)7-8-14(15)3/h7-8,11,16H,4-6,9-10,12H2,1-3H3. The van der Waals surface area contributed by atoms with Crippen molar-refractivity contribution in [1.82, 2.24) is 0 Å². The molecule has 1 heteroatoms. The van der Waals surface area contributed by atoms with Crippen molar-refractivity contribution in [2.24, 2.45) is 5.41 Å². The molecule has 0 aromatic heterocycles. The predicted octanol–water partition coefficient (Wildman–Crippen LogP) is 5.42. The summed E-state index contributed by atoms with van der Waals surface area (Å²) in [6, 6.07) is 6.72. The summed E-state index contributed by atoms with van der Waals surface area (Å²) in [6.45, 7) is 6.67. The summed E-state index contributed by atoms with van der Waals surface area (Å²) in [6.07, 6.45) is 7.63. The minimum atomic E-state index is 0.297. The summed E-state index contributed by atoms with van der Waals surface area (Å²) in [5.74, 6) is 0. The zero-order valence-electron chi connectivity index (χ0n) is 11.9. The lowest BCUT2D eigenvalue weighted by Gasteiger charge is -2.33. The summed E-state index contributed by atoms with van der Waals surface area (Å²) in [4.78, 5) is 0. The van der Waals surface area contributed by atoms with Gasteiger partial charge in [0.25, 0.3) is 0 Å². The highest BCUT2D eigenvalue weighted by Gasteiger charge is 2.38. The van der Waals surface area contributed by atoms with Crippen molar-refractivity contribution in [2.75, 3.05) is 0 Å². The van der Waals surface area contributed by atoms with E-state index in [1.165, 1.54) is 48.8 Å². The van der Waals surface area contributed by atoms with Gasteiger partial charge in [0.05, 0.1) is 0 Å². The van der Waals surface area contributed by atoms with Crippen molar-refractivity contribution < 1.29 is 0 Å². The van der Waals surface area contributed by atoms with Crippen LogP contribution in [0.1, 0.15) is 55.7 Å². The van der Waals surface area contributed by atoms with Crippen molar-refractivity contribution in [2.45, 2.75) is 64.7 Å². The van der Waals surface area contributed by atoms with Crippen LogP contribution in [0, 0.1) is 19.3 Å². The third-order valence-electron chi connectivity index (χ3n) is 4.87. The second-order valence-electron chi connectivity index (χ2n) is 6.02. The molecule has 0 aliphatic heterocycles. The van der Waals surface area contributed by atoms with Crippen LogP contribution in [0.3, 0.4) is 0 Å². The fourth-order valence-electron chi connectivity index (χ4n) is 3.40. The topological polar surface area (TPSA) is 0 Å². The van der Waals surface area contributed by atoms with Gasteiger partial charge in [0.1, 0.15) is 0 Å². The van der Waals surface area contributed by atoms with E-state index in [-0.39, 0.29) is 0 Å². The molecule has 0 radical (unpaired) electrons. The van der Waals surface area contributed by atoms with E-state index in [4.69, 9.17) is 11.6 Å². The van der Waals surface area contributed by atoms with Gasteiger partial charge < -0.3 is 0 Å². The monoisotopic (exact) mass is 264 g/mol. The summed E-state index contributed by atoms with van der Waals surface area (Å²) in [5, 5.41) is 0.297. The lowest BCUT2D eigenvalue weighted by molar-refractivity contribution is 0.267. The molecule has 0 spiro atoms. The van der Waals surface area contributed by atoms with Gasteiger partial charge in [-0.25, -0.2) is 0 Å². The largest absolute Gasteiger partial charge is 0.122 e. The molecule has 0 saturated heterocycles. The van der Waals surface area contributed by atoms with Gasteiger partial charge in [0.2, 0.25) is 0 Å². The molecule has 0 N–H and O–H groups in total. The van der Waals surface area contributed by atoms with E-state index in [0.29, 0.717) is 10.8 Å². The predicted molar refractivity (Wildman–Crippen MR) is 80.5 cm³/mol. The Balaban J connectivity index is 2.15. The Morgan fingerprint density at radius 2 is 1.89 bits per heavy atom. The van der Waals surface area contributed by atoms with Gasteiger partial charge in [0.15, 0.2) is 0 Å². The number of halogens is 1. The molecule has 0 nitrogen and oxygen atoms in total. The Hall–Kier alpha value is -0.490. The Morgan fingerprint density at radius 1 is 1.22 bits per heavy atom. The summed E-state index contributed by atoms with van der Waals surface area (Å²) in [5.41, 5.74) is 4.57. The van der Waals surface area contributed by atoms with E-state index in [9.17, 15) is 0 Å². The van der Waals surface area contributed by atoms with E-state index in [0.717, 1.165) is 6.42 Å². The maximum Gasteiger partial charge on any atom is 0.0432 e. The molecule has 1 fully saturated rings. The minimum absolute atomic E-state index is 0.297. The highest BCUT2D eigenvalue weighted by Crippen LogP contribution is 2.47. The van der Waals surface area contributed by atoms with Gasteiger partial charge in [-0.05, 0) is 56.1 Å². The van der Waals surface area contributed by atoms with Crippen molar-refractivity contribution >= 4 is 11.6 Å². The van der Waals surface area contributed by atoms with E-state index < -0.39 is 0 Å². The lowest BCUT2D eigenvalue weighted by Crippen LogP contribution is -2.29. The molecule has 1 unspecified atom stereocenters. The Bertz CT molecular complexity index is 402. The second-order valence-corrected chi connectivity index (χ2v) is 6.55. The third kappa shape index (κ3) is 2.74. The van der Waals surface area contributed by atoms with Crippen LogP contribution in [0.25, 0.3) is 0 Å². The van der Waals surface area contributed by atoms with Gasteiger partial charge in [-0.2, -0.15) is 0 Å². The maximum atomic E-state index is 6.80. The highest BCUT2D eigenvalue weighted by molar-refractivity contribution is 6.21. The first-order chi connectivity index (χ1) is 8.57. The van der Waals surface area contributed by atoms with E-state index in [1.54, 1.807) is 0 Å². The molecule has 1 saturated carbocycles. The SMILES string of the molecule is CCC1(C(Cl)Cc2cc(C)ccc2C)CCCC1. The van der Waals surface area contributed by atoms with Gasteiger partial charge in [-0.1, -0.05) is 43.5 Å². The number of hydrogen-bond donors (Lipinski definition) is 0. The maximum absolute atomic E-state index is 6.80.